The summed E-state index contributed by atoms with van der Waals surface area (Å²) in [6.07, 6.45) is 20.1. The predicted octanol–water partition coefficient (Wildman–Crippen LogP) is 5.87. The number of unbranched alkanes of at least 4 members (excludes halogenated alkanes) is 13. The molecule has 0 spiro atoms. The summed E-state index contributed by atoms with van der Waals surface area (Å²) in [6.45, 7) is 6.84. The van der Waals surface area contributed by atoms with Crippen molar-refractivity contribution in [3.05, 3.63) is 0 Å². The molecule has 2 unspecified atom stereocenters. The van der Waals surface area contributed by atoms with Crippen LogP contribution in [0.15, 0.2) is 0 Å². The van der Waals surface area contributed by atoms with Crippen LogP contribution >= 0.6 is 8.60 Å². The summed E-state index contributed by atoms with van der Waals surface area (Å²) in [5.74, 6) is 0.0851. The lowest BCUT2D eigenvalue weighted by Crippen LogP contribution is -3.05. The Morgan fingerprint density at radius 2 is 1.29 bits per heavy atom. The highest BCUT2D eigenvalue weighted by Gasteiger charge is 2.16. The zero-order valence-electron chi connectivity index (χ0n) is 23.0. The number of quaternary nitrogens is 1. The molecule has 0 aromatic carbocycles. The molecule has 0 heterocycles. The first-order valence-electron chi connectivity index (χ1n) is 14.1. The first-order chi connectivity index (χ1) is 16.5. The Morgan fingerprint density at radius 1 is 0.765 bits per heavy atom. The van der Waals surface area contributed by atoms with Crippen LogP contribution in [0.2, 0.25) is 0 Å². The molecule has 0 aliphatic heterocycles. The highest BCUT2D eigenvalue weighted by atomic mass is 31.2. The number of carbonyl (C=O) groups is 1. The normalized spacial score (nSPS) is 13.5. The number of carbonyl (C=O) groups excluding carboxylic acids is 1. The van der Waals surface area contributed by atoms with Gasteiger partial charge in [0, 0.05) is 25.4 Å². The average molecular weight is 507 g/mol. The molecule has 0 aliphatic carbocycles. The maximum atomic E-state index is 11.5. The van der Waals surface area contributed by atoms with Gasteiger partial charge in [0.25, 0.3) is 0 Å². The molecule has 0 fully saturated rings. The molecule has 0 aromatic rings. The van der Waals surface area contributed by atoms with Crippen LogP contribution in [-0.4, -0.2) is 57.7 Å². The van der Waals surface area contributed by atoms with E-state index in [-0.39, 0.29) is 11.7 Å². The van der Waals surface area contributed by atoms with Crippen molar-refractivity contribution in [2.24, 2.45) is 5.92 Å². The summed E-state index contributed by atoms with van der Waals surface area (Å²) in [7, 11) is 2.29. The van der Waals surface area contributed by atoms with E-state index in [9.17, 15) is 9.69 Å². The third-order valence-corrected chi connectivity index (χ3v) is 6.79. The maximum Gasteiger partial charge on any atom is 0.329 e. The fourth-order valence-electron chi connectivity index (χ4n) is 4.00. The molecule has 0 aromatic heterocycles. The Kier molecular flexibility index (Phi) is 25.9. The van der Waals surface area contributed by atoms with Gasteiger partial charge in [-0.1, -0.05) is 90.4 Å². The van der Waals surface area contributed by atoms with Gasteiger partial charge >= 0.3 is 8.60 Å². The number of Topliss-reactive ketones (excluding diaryl/α,β-unsaturated/α-hetero) is 1. The van der Waals surface area contributed by atoms with Crippen molar-refractivity contribution in [3.8, 4) is 0 Å². The lowest BCUT2D eigenvalue weighted by atomic mass is 10.0. The third kappa shape index (κ3) is 26.5. The number of rotatable bonds is 27. The summed E-state index contributed by atoms with van der Waals surface area (Å²) in [4.78, 5) is 22.8. The number of ketones is 1. The van der Waals surface area contributed by atoms with Crippen molar-refractivity contribution in [2.45, 2.75) is 117 Å². The number of hydrogen-bond acceptors (Lipinski definition) is 5. The second kappa shape index (κ2) is 26.0. The molecule has 2 N–H and O–H groups in total. The Bertz CT molecular complexity index is 439. The van der Waals surface area contributed by atoms with Crippen molar-refractivity contribution < 1.29 is 28.4 Å². The molecule has 0 rings (SSSR count). The largest absolute Gasteiger partial charge is 0.381 e. The van der Waals surface area contributed by atoms with Crippen LogP contribution in [0, 0.1) is 5.92 Å². The highest BCUT2D eigenvalue weighted by Crippen LogP contribution is 2.33. The average Bonchev–Trinajstić information content (AvgIpc) is 2.79. The highest BCUT2D eigenvalue weighted by molar-refractivity contribution is 7.40. The van der Waals surface area contributed by atoms with Crippen molar-refractivity contribution in [1.29, 1.82) is 0 Å². The van der Waals surface area contributed by atoms with Crippen molar-refractivity contribution in [3.63, 3.8) is 0 Å². The quantitative estimate of drug-likeness (QED) is 0.108. The smallest absolute Gasteiger partial charge is 0.329 e. The van der Waals surface area contributed by atoms with Gasteiger partial charge in [0.05, 0.1) is 40.5 Å². The molecular formula is C27H57NO5P+. The zero-order chi connectivity index (χ0) is 25.3. The predicted molar refractivity (Wildman–Crippen MR) is 143 cm³/mol. The van der Waals surface area contributed by atoms with E-state index < -0.39 is 8.60 Å². The fraction of sp³-hybridized carbons (Fsp3) is 0.963. The molecule has 0 bridgehead atoms. The molecule has 0 aliphatic rings. The molecule has 7 heteroatoms. The Hall–Kier alpha value is -0.100. The summed E-state index contributed by atoms with van der Waals surface area (Å²) in [5, 5.41) is 0. The van der Waals surface area contributed by atoms with Gasteiger partial charge in [0.1, 0.15) is 5.78 Å². The van der Waals surface area contributed by atoms with Gasteiger partial charge in [-0.15, -0.1) is 0 Å². The van der Waals surface area contributed by atoms with Gasteiger partial charge < -0.3 is 28.4 Å². The van der Waals surface area contributed by atoms with Crippen LogP contribution < -0.4 is 4.90 Å². The molecular weight excluding hydrogens is 449 g/mol. The van der Waals surface area contributed by atoms with Crippen LogP contribution in [-0.2, 0) is 18.6 Å². The van der Waals surface area contributed by atoms with Crippen LogP contribution in [0.25, 0.3) is 0 Å². The van der Waals surface area contributed by atoms with E-state index in [2.05, 4.69) is 21.0 Å². The van der Waals surface area contributed by atoms with Gasteiger partial charge in [-0.3, -0.25) is 0 Å². The number of nitrogens with one attached hydrogen (secondary N) is 1. The standard InChI is InChI=1S/C27H56NO5P/c1-5-6-7-8-9-10-11-12-13-14-15-16-17-18-21-31-24-27(23-26(2)29)25-33-34(30)32-22-19-20-28(3)4/h27,30H,5-25H2,1-4H3/p+1. The molecule has 0 amide bonds. The molecule has 6 nitrogen and oxygen atoms in total. The van der Waals surface area contributed by atoms with Gasteiger partial charge in [0.2, 0.25) is 0 Å². The van der Waals surface area contributed by atoms with Gasteiger partial charge in [0.15, 0.2) is 0 Å². The van der Waals surface area contributed by atoms with E-state index in [0.29, 0.717) is 26.2 Å². The summed E-state index contributed by atoms with van der Waals surface area (Å²) >= 11 is 0. The number of hydrogen-bond donors (Lipinski definition) is 2. The van der Waals surface area contributed by atoms with Crippen LogP contribution in [0.3, 0.4) is 0 Å². The minimum atomic E-state index is -1.88. The molecule has 2 atom stereocenters. The van der Waals surface area contributed by atoms with E-state index >= 15 is 0 Å². The monoisotopic (exact) mass is 506 g/mol. The summed E-state index contributed by atoms with van der Waals surface area (Å²) in [5.41, 5.74) is 0. The minimum Gasteiger partial charge on any atom is -0.381 e. The van der Waals surface area contributed by atoms with E-state index in [0.717, 1.165) is 26.0 Å². The van der Waals surface area contributed by atoms with Crippen LogP contribution in [0.5, 0.6) is 0 Å². The van der Waals surface area contributed by atoms with Crippen LogP contribution in [0.1, 0.15) is 117 Å². The lowest BCUT2D eigenvalue weighted by molar-refractivity contribution is -0.858. The minimum absolute atomic E-state index is 0.0314. The van der Waals surface area contributed by atoms with E-state index in [4.69, 9.17) is 13.8 Å². The van der Waals surface area contributed by atoms with Crippen LogP contribution in [0.4, 0.5) is 0 Å². The van der Waals surface area contributed by atoms with Gasteiger partial charge in [-0.05, 0) is 13.3 Å². The summed E-state index contributed by atoms with van der Waals surface area (Å²) < 4.78 is 16.6. The third-order valence-electron chi connectivity index (χ3n) is 6.02. The summed E-state index contributed by atoms with van der Waals surface area (Å²) in [6, 6.07) is 0. The molecule has 34 heavy (non-hydrogen) atoms. The fourth-order valence-corrected chi connectivity index (χ4v) is 4.69. The molecule has 0 saturated carbocycles. The zero-order valence-corrected chi connectivity index (χ0v) is 23.8. The van der Waals surface area contributed by atoms with Crippen molar-refractivity contribution in [2.75, 3.05) is 47.1 Å². The Morgan fingerprint density at radius 3 is 1.79 bits per heavy atom. The topological polar surface area (TPSA) is 69.4 Å². The lowest BCUT2D eigenvalue weighted by Gasteiger charge is -2.18. The molecule has 0 saturated heterocycles. The van der Waals surface area contributed by atoms with Crippen molar-refractivity contribution >= 4 is 14.4 Å². The SMILES string of the molecule is CCCCCCCCCCCCCCCCOCC(COP(O)OCCC[NH+](C)C)CC(C)=O. The Balaban J connectivity index is 3.60. The first-order valence-corrected chi connectivity index (χ1v) is 15.2. The maximum absolute atomic E-state index is 11.5. The van der Waals surface area contributed by atoms with Gasteiger partial charge in [-0.25, -0.2) is 0 Å². The number of ether oxygens (including phenoxy) is 1. The molecule has 204 valence electrons. The molecule has 0 radical (unpaired) electrons. The van der Waals surface area contributed by atoms with E-state index in [1.807, 2.05) is 0 Å². The Labute approximate surface area is 212 Å². The van der Waals surface area contributed by atoms with E-state index in [1.54, 1.807) is 6.92 Å². The van der Waals surface area contributed by atoms with Crippen molar-refractivity contribution in [1.82, 2.24) is 0 Å². The van der Waals surface area contributed by atoms with Gasteiger partial charge in [-0.2, -0.15) is 0 Å². The second-order valence-corrected chi connectivity index (χ2v) is 11.1. The second-order valence-electron chi connectivity index (χ2n) is 10.1. The first kappa shape index (κ1) is 33.9. The van der Waals surface area contributed by atoms with E-state index in [1.165, 1.54) is 88.4 Å².